The molecule has 106 valence electrons. The highest BCUT2D eigenvalue weighted by atomic mass is 16.5. The second-order valence-electron chi connectivity index (χ2n) is 4.67. The van der Waals surface area contributed by atoms with Gasteiger partial charge in [0.15, 0.2) is 5.82 Å². The minimum absolute atomic E-state index is 0.622. The Morgan fingerprint density at radius 3 is 2.60 bits per heavy atom. The van der Waals surface area contributed by atoms with Crippen LogP contribution in [0.2, 0.25) is 0 Å². The number of aromatic nitrogens is 2. The molecule has 0 aliphatic carbocycles. The first-order chi connectivity index (χ1) is 9.60. The van der Waals surface area contributed by atoms with Gasteiger partial charge in [0.2, 0.25) is 0 Å². The Morgan fingerprint density at radius 2 is 2.00 bits per heavy atom. The summed E-state index contributed by atoms with van der Waals surface area (Å²) in [6, 6.07) is 5.96. The van der Waals surface area contributed by atoms with Crippen LogP contribution in [0.25, 0.3) is 11.4 Å². The summed E-state index contributed by atoms with van der Waals surface area (Å²) < 4.78 is 5.43. The van der Waals surface area contributed by atoms with Gasteiger partial charge in [0.25, 0.3) is 0 Å². The predicted octanol–water partition coefficient (Wildman–Crippen LogP) is 2.62. The van der Waals surface area contributed by atoms with Crippen LogP contribution in [0.15, 0.2) is 18.2 Å². The van der Waals surface area contributed by atoms with E-state index < -0.39 is 0 Å². The van der Waals surface area contributed by atoms with E-state index in [2.05, 4.69) is 22.3 Å². The number of hydrazine groups is 1. The summed E-state index contributed by atoms with van der Waals surface area (Å²) in [6.07, 6.45) is 0.824. The Labute approximate surface area is 119 Å². The topological polar surface area (TPSA) is 73.1 Å². The summed E-state index contributed by atoms with van der Waals surface area (Å²) in [5, 5.41) is 0. The molecule has 3 N–H and O–H groups in total. The molecule has 2 rings (SSSR count). The van der Waals surface area contributed by atoms with E-state index in [4.69, 9.17) is 10.6 Å². The predicted molar refractivity (Wildman–Crippen MR) is 80.7 cm³/mol. The van der Waals surface area contributed by atoms with Gasteiger partial charge >= 0.3 is 0 Å². The van der Waals surface area contributed by atoms with Gasteiger partial charge in [0.05, 0.1) is 12.7 Å². The maximum atomic E-state index is 5.54. The van der Waals surface area contributed by atoms with Crippen molar-refractivity contribution in [3.05, 3.63) is 35.0 Å². The fourth-order valence-electron chi connectivity index (χ4n) is 2.15. The normalized spacial score (nSPS) is 10.4. The molecule has 20 heavy (non-hydrogen) atoms. The van der Waals surface area contributed by atoms with E-state index in [0.29, 0.717) is 11.6 Å². The molecule has 1 aromatic heterocycles. The smallest absolute Gasteiger partial charge is 0.165 e. The van der Waals surface area contributed by atoms with Crippen LogP contribution in [0, 0.1) is 13.8 Å². The third-order valence-electron chi connectivity index (χ3n) is 3.32. The number of benzene rings is 1. The summed E-state index contributed by atoms with van der Waals surface area (Å²) in [5.74, 6) is 7.58. The molecule has 0 saturated heterocycles. The van der Waals surface area contributed by atoms with Gasteiger partial charge in [-0.05, 0) is 38.0 Å². The van der Waals surface area contributed by atoms with E-state index in [0.717, 1.165) is 34.6 Å². The molecule has 0 aliphatic heterocycles. The maximum absolute atomic E-state index is 5.54. The number of hydrogen-bond acceptors (Lipinski definition) is 5. The van der Waals surface area contributed by atoms with Crippen LogP contribution in [0.5, 0.6) is 5.75 Å². The number of rotatable bonds is 4. The van der Waals surface area contributed by atoms with Gasteiger partial charge < -0.3 is 10.2 Å². The molecule has 2 aromatic rings. The number of nitrogens with two attached hydrogens (primary N) is 1. The van der Waals surface area contributed by atoms with Gasteiger partial charge in [-0.2, -0.15) is 0 Å². The van der Waals surface area contributed by atoms with E-state index in [1.165, 1.54) is 0 Å². The Bertz CT molecular complexity index is 600. The fourth-order valence-corrected chi connectivity index (χ4v) is 2.15. The molecule has 0 bridgehead atoms. The van der Waals surface area contributed by atoms with Crippen molar-refractivity contribution >= 4 is 5.82 Å². The van der Waals surface area contributed by atoms with Crippen LogP contribution >= 0.6 is 0 Å². The van der Waals surface area contributed by atoms with E-state index in [1.54, 1.807) is 7.11 Å². The molecule has 0 atom stereocenters. The lowest BCUT2D eigenvalue weighted by molar-refractivity contribution is 0.416. The molecule has 0 radical (unpaired) electrons. The van der Waals surface area contributed by atoms with Gasteiger partial charge in [-0.15, -0.1) is 0 Å². The highest BCUT2D eigenvalue weighted by Crippen LogP contribution is 2.30. The first-order valence-electron chi connectivity index (χ1n) is 6.59. The van der Waals surface area contributed by atoms with Crippen LogP contribution in [-0.2, 0) is 6.42 Å². The molecular weight excluding hydrogens is 252 g/mol. The molecule has 0 fully saturated rings. The molecule has 5 heteroatoms. The average molecular weight is 272 g/mol. The van der Waals surface area contributed by atoms with Crippen molar-refractivity contribution in [2.24, 2.45) is 5.84 Å². The number of nitrogen functional groups attached to an aromatic ring is 1. The largest absolute Gasteiger partial charge is 0.496 e. The zero-order valence-corrected chi connectivity index (χ0v) is 12.3. The lowest BCUT2D eigenvalue weighted by Crippen LogP contribution is -2.13. The zero-order valence-electron chi connectivity index (χ0n) is 12.3. The van der Waals surface area contributed by atoms with Crippen molar-refractivity contribution in [2.45, 2.75) is 27.2 Å². The molecular formula is C15H20N4O. The number of nitrogens with one attached hydrogen (secondary N) is 1. The molecule has 0 saturated carbocycles. The monoisotopic (exact) mass is 272 g/mol. The van der Waals surface area contributed by atoms with Crippen LogP contribution in [0.4, 0.5) is 5.82 Å². The summed E-state index contributed by atoms with van der Waals surface area (Å²) in [6.45, 7) is 6.04. The SMILES string of the molecule is CCc1nc(-c2ccc(C)cc2OC)nc(NN)c1C. The molecule has 1 heterocycles. The third kappa shape index (κ3) is 2.58. The van der Waals surface area contributed by atoms with Crippen molar-refractivity contribution in [1.29, 1.82) is 0 Å². The second-order valence-corrected chi connectivity index (χ2v) is 4.67. The van der Waals surface area contributed by atoms with Crippen molar-refractivity contribution < 1.29 is 4.74 Å². The Morgan fingerprint density at radius 1 is 1.25 bits per heavy atom. The second kappa shape index (κ2) is 5.88. The first-order valence-corrected chi connectivity index (χ1v) is 6.59. The summed E-state index contributed by atoms with van der Waals surface area (Å²) in [4.78, 5) is 9.10. The fraction of sp³-hybridized carbons (Fsp3) is 0.333. The Balaban J connectivity index is 2.63. The van der Waals surface area contributed by atoms with Crippen molar-refractivity contribution in [1.82, 2.24) is 9.97 Å². The summed E-state index contributed by atoms with van der Waals surface area (Å²) in [5.41, 5.74) is 6.59. The van der Waals surface area contributed by atoms with E-state index >= 15 is 0 Å². The van der Waals surface area contributed by atoms with E-state index in [9.17, 15) is 0 Å². The lowest BCUT2D eigenvalue weighted by Gasteiger charge is -2.13. The van der Waals surface area contributed by atoms with Gasteiger partial charge in [-0.3, -0.25) is 0 Å². The minimum atomic E-state index is 0.622. The van der Waals surface area contributed by atoms with E-state index in [-0.39, 0.29) is 0 Å². The highest BCUT2D eigenvalue weighted by Gasteiger charge is 2.14. The number of aryl methyl sites for hydroxylation is 2. The number of ether oxygens (including phenoxy) is 1. The van der Waals surface area contributed by atoms with E-state index in [1.807, 2.05) is 32.0 Å². The summed E-state index contributed by atoms with van der Waals surface area (Å²) >= 11 is 0. The molecule has 0 aliphatic rings. The quantitative estimate of drug-likeness (QED) is 0.661. The number of anilines is 1. The number of nitrogens with zero attached hydrogens (tertiary/aromatic N) is 2. The maximum Gasteiger partial charge on any atom is 0.165 e. The molecule has 0 unspecified atom stereocenters. The Hall–Kier alpha value is -2.14. The minimum Gasteiger partial charge on any atom is -0.496 e. The Kier molecular flexibility index (Phi) is 4.20. The lowest BCUT2D eigenvalue weighted by atomic mass is 10.1. The van der Waals surface area contributed by atoms with Crippen LogP contribution in [0.1, 0.15) is 23.7 Å². The van der Waals surface area contributed by atoms with Crippen molar-refractivity contribution in [3.8, 4) is 17.1 Å². The standard InChI is InChI=1S/C15H20N4O/c1-5-12-10(3)14(19-16)18-15(17-12)11-7-6-9(2)8-13(11)20-4/h6-8H,5,16H2,1-4H3,(H,17,18,19). The zero-order chi connectivity index (χ0) is 14.7. The number of hydrogen-bond donors (Lipinski definition) is 2. The van der Waals surface area contributed by atoms with Crippen LogP contribution < -0.4 is 16.0 Å². The van der Waals surface area contributed by atoms with Crippen LogP contribution in [0.3, 0.4) is 0 Å². The van der Waals surface area contributed by atoms with Crippen molar-refractivity contribution in [3.63, 3.8) is 0 Å². The van der Waals surface area contributed by atoms with Gasteiger partial charge in [-0.1, -0.05) is 13.0 Å². The van der Waals surface area contributed by atoms with Gasteiger partial charge in [0, 0.05) is 11.3 Å². The first kappa shape index (κ1) is 14.3. The highest BCUT2D eigenvalue weighted by molar-refractivity contribution is 5.67. The average Bonchev–Trinajstić information content (AvgIpc) is 2.47. The van der Waals surface area contributed by atoms with Crippen molar-refractivity contribution in [2.75, 3.05) is 12.5 Å². The summed E-state index contributed by atoms with van der Waals surface area (Å²) in [7, 11) is 1.65. The van der Waals surface area contributed by atoms with Gasteiger partial charge in [-0.25, -0.2) is 15.8 Å². The molecule has 1 aromatic carbocycles. The van der Waals surface area contributed by atoms with Crippen LogP contribution in [-0.4, -0.2) is 17.1 Å². The molecule has 0 amide bonds. The number of methoxy groups -OCH3 is 1. The molecule has 0 spiro atoms. The third-order valence-corrected chi connectivity index (χ3v) is 3.32. The van der Waals surface area contributed by atoms with Gasteiger partial charge in [0.1, 0.15) is 11.6 Å². The molecule has 5 nitrogen and oxygen atoms in total.